The summed E-state index contributed by atoms with van der Waals surface area (Å²) in [6.45, 7) is 2.04. The molecule has 4 nitrogen and oxygen atoms in total. The molecule has 0 fully saturated rings. The Kier molecular flexibility index (Phi) is 5.43. The summed E-state index contributed by atoms with van der Waals surface area (Å²) in [7, 11) is 0. The zero-order chi connectivity index (χ0) is 18.5. The Bertz CT molecular complexity index is 1010. The fourth-order valence-corrected chi connectivity index (χ4v) is 2.91. The molecule has 0 amide bonds. The van der Waals surface area contributed by atoms with Gasteiger partial charge >= 0.3 is 11.6 Å². The Balaban J connectivity index is 0.000000613. The summed E-state index contributed by atoms with van der Waals surface area (Å²) in [4.78, 5) is 8.99. The van der Waals surface area contributed by atoms with Gasteiger partial charge in [0.05, 0.1) is 5.71 Å². The number of hydrogen-bond acceptors (Lipinski definition) is 4. The first-order valence-corrected chi connectivity index (χ1v) is 8.59. The molecule has 0 saturated heterocycles. The largest absolute Gasteiger partial charge is 0.335 e. The third-order valence-electron chi connectivity index (χ3n) is 4.08. The zero-order valence-corrected chi connectivity index (χ0v) is 14.8. The van der Waals surface area contributed by atoms with Crippen molar-refractivity contribution >= 4 is 23.1 Å². The first-order chi connectivity index (χ1) is 12.6. The van der Waals surface area contributed by atoms with E-state index in [0.717, 1.165) is 40.2 Å². The van der Waals surface area contributed by atoms with Crippen LogP contribution >= 0.6 is 0 Å². The van der Waals surface area contributed by atoms with Crippen molar-refractivity contribution in [1.82, 2.24) is 4.98 Å². The summed E-state index contributed by atoms with van der Waals surface area (Å²) in [5.41, 5.74) is 5.87. The van der Waals surface area contributed by atoms with Gasteiger partial charge in [-0.25, -0.2) is 14.4 Å². The number of aromatic nitrogens is 1. The van der Waals surface area contributed by atoms with Gasteiger partial charge in [0.15, 0.2) is 5.82 Å². The van der Waals surface area contributed by atoms with Gasteiger partial charge in [0.25, 0.3) is 0 Å². The van der Waals surface area contributed by atoms with Gasteiger partial charge in [-0.3, -0.25) is 0 Å². The Morgan fingerprint density at radius 3 is 2.35 bits per heavy atom. The molecule has 26 heavy (non-hydrogen) atoms. The van der Waals surface area contributed by atoms with E-state index >= 15 is 0 Å². The van der Waals surface area contributed by atoms with E-state index in [1.807, 2.05) is 43.5 Å². The summed E-state index contributed by atoms with van der Waals surface area (Å²) in [6, 6.07) is 16.8. The smallest absolute Gasteiger partial charge is 0.237 e. The highest BCUT2D eigenvalue weighted by Crippen LogP contribution is 2.28. The predicted octanol–water partition coefficient (Wildman–Crippen LogP) is 4.20. The molecule has 1 aliphatic rings. The van der Waals surface area contributed by atoms with Crippen molar-refractivity contribution in [1.29, 1.82) is 0 Å². The van der Waals surface area contributed by atoms with E-state index in [4.69, 9.17) is 8.42 Å². The van der Waals surface area contributed by atoms with Crippen LogP contribution in [0.5, 0.6) is 0 Å². The van der Waals surface area contributed by atoms with Crippen LogP contribution < -0.4 is 0 Å². The van der Waals surface area contributed by atoms with E-state index in [9.17, 15) is 4.39 Å². The number of nitrogens with zero attached hydrogens (tertiary/aromatic N) is 2. The highest BCUT2D eigenvalue weighted by Gasteiger charge is 2.17. The molecule has 1 aromatic heterocycles. The third kappa shape index (κ3) is 3.81. The van der Waals surface area contributed by atoms with Crippen LogP contribution in [0, 0.1) is 12.7 Å². The second-order valence-corrected chi connectivity index (χ2v) is 5.99. The molecule has 3 aromatic rings. The normalized spacial score (nSPS) is 11.8. The number of halogens is 1. The lowest BCUT2D eigenvalue weighted by Crippen LogP contribution is -2.00. The average Bonchev–Trinajstić information content (AvgIpc) is 3.06. The molecule has 6 heteroatoms. The van der Waals surface area contributed by atoms with Crippen molar-refractivity contribution in [2.75, 3.05) is 0 Å². The second kappa shape index (κ2) is 7.93. The molecule has 130 valence electrons. The van der Waals surface area contributed by atoms with Gasteiger partial charge in [0.1, 0.15) is 5.82 Å². The third-order valence-corrected chi connectivity index (χ3v) is 4.08. The highest BCUT2D eigenvalue weighted by molar-refractivity contribution is 7.51. The minimum atomic E-state index is -0.750. The van der Waals surface area contributed by atoms with Crippen LogP contribution in [0.3, 0.4) is 0 Å². The Morgan fingerprint density at radius 2 is 1.65 bits per heavy atom. The number of aryl methyl sites for hydroxylation is 1. The van der Waals surface area contributed by atoms with Crippen LogP contribution in [0.4, 0.5) is 10.2 Å². The summed E-state index contributed by atoms with van der Waals surface area (Å²) in [5, 5.41) is 0. The molecule has 2 aromatic carbocycles. The van der Waals surface area contributed by atoms with Crippen molar-refractivity contribution in [2.24, 2.45) is 4.99 Å². The van der Waals surface area contributed by atoms with Gasteiger partial charge in [0.2, 0.25) is 0 Å². The van der Waals surface area contributed by atoms with Gasteiger partial charge in [-0.05, 0) is 29.7 Å². The lowest BCUT2D eigenvalue weighted by molar-refractivity contribution is 0.630. The van der Waals surface area contributed by atoms with Gasteiger partial charge < -0.3 is 0 Å². The summed E-state index contributed by atoms with van der Waals surface area (Å²) < 4.78 is 30.4. The minimum Gasteiger partial charge on any atom is -0.237 e. The number of rotatable bonds is 2. The van der Waals surface area contributed by atoms with Gasteiger partial charge in [-0.1, -0.05) is 48.5 Å². The van der Waals surface area contributed by atoms with E-state index in [2.05, 4.69) is 16.0 Å². The lowest BCUT2D eigenvalue weighted by atomic mass is 10.00. The molecule has 4 rings (SSSR count). The Labute approximate surface area is 154 Å². The molecule has 0 bridgehead atoms. The van der Waals surface area contributed by atoms with Crippen molar-refractivity contribution in [3.8, 4) is 11.1 Å². The van der Waals surface area contributed by atoms with Gasteiger partial charge in [0, 0.05) is 23.7 Å². The molecule has 0 spiro atoms. The number of fused-ring (bicyclic) bond motifs is 1. The standard InChI is InChI=1S/C20H15FN2.O2S/c1-13-10-16-11-19(23-20(16)22-12-13)15-8-6-14(7-9-15)17-4-2-3-5-18(17)21;1-3-2/h2-10,12H,11H2,1H3;. The van der Waals surface area contributed by atoms with E-state index in [1.165, 1.54) is 6.07 Å². The monoisotopic (exact) mass is 366 g/mol. The number of benzene rings is 2. The fourth-order valence-electron chi connectivity index (χ4n) is 2.91. The minimum absolute atomic E-state index is 0.203. The van der Waals surface area contributed by atoms with E-state index < -0.39 is 11.6 Å². The van der Waals surface area contributed by atoms with Crippen molar-refractivity contribution in [2.45, 2.75) is 13.3 Å². The molecule has 1 aliphatic heterocycles. The predicted molar refractivity (Wildman–Crippen MR) is 99.6 cm³/mol. The molecule has 0 unspecified atom stereocenters. The molecule has 0 atom stereocenters. The Hall–Kier alpha value is -2.99. The Morgan fingerprint density at radius 1 is 1.00 bits per heavy atom. The average molecular weight is 366 g/mol. The number of aliphatic imine (C=N–C) groups is 1. The fraction of sp³-hybridized carbons (Fsp3) is 0.100. The van der Waals surface area contributed by atoms with Crippen molar-refractivity contribution in [3.05, 3.63) is 83.3 Å². The van der Waals surface area contributed by atoms with Gasteiger partial charge in [-0.2, -0.15) is 8.42 Å². The highest BCUT2D eigenvalue weighted by atomic mass is 32.1. The molecule has 0 radical (unpaired) electrons. The second-order valence-electron chi connectivity index (χ2n) is 5.86. The first kappa shape index (κ1) is 17.8. The maximum absolute atomic E-state index is 13.9. The maximum atomic E-state index is 13.9. The van der Waals surface area contributed by atoms with Crippen LogP contribution in [0.25, 0.3) is 11.1 Å². The first-order valence-electron chi connectivity index (χ1n) is 7.92. The van der Waals surface area contributed by atoms with Crippen molar-refractivity contribution in [3.63, 3.8) is 0 Å². The maximum Gasteiger partial charge on any atom is 0.335 e. The topological polar surface area (TPSA) is 59.4 Å². The molecule has 2 heterocycles. The molecule has 0 N–H and O–H groups in total. The summed E-state index contributed by atoms with van der Waals surface area (Å²) in [6.07, 6.45) is 2.63. The van der Waals surface area contributed by atoms with Gasteiger partial charge in [-0.15, -0.1) is 0 Å². The van der Waals surface area contributed by atoms with Crippen LogP contribution in [-0.2, 0) is 18.0 Å². The van der Waals surface area contributed by atoms with Crippen LogP contribution in [0.2, 0.25) is 0 Å². The van der Waals surface area contributed by atoms with Crippen LogP contribution in [-0.4, -0.2) is 19.1 Å². The van der Waals surface area contributed by atoms with Crippen molar-refractivity contribution < 1.29 is 12.8 Å². The van der Waals surface area contributed by atoms with Crippen LogP contribution in [0.1, 0.15) is 16.7 Å². The molecule has 0 saturated carbocycles. The SMILES string of the molecule is Cc1cnc2c(c1)CC(c1ccc(-c3ccccc3F)cc1)=N2.O=S=O. The quantitative estimate of drug-likeness (QED) is 0.683. The van der Waals surface area contributed by atoms with E-state index in [1.54, 1.807) is 12.1 Å². The molecular weight excluding hydrogens is 351 g/mol. The van der Waals surface area contributed by atoms with E-state index in [0.29, 0.717) is 5.56 Å². The lowest BCUT2D eigenvalue weighted by Gasteiger charge is -2.05. The molecule has 0 aliphatic carbocycles. The zero-order valence-electron chi connectivity index (χ0n) is 14.0. The number of pyridine rings is 1. The number of hydrogen-bond donors (Lipinski definition) is 0. The van der Waals surface area contributed by atoms with Crippen LogP contribution in [0.15, 0.2) is 65.8 Å². The van der Waals surface area contributed by atoms with E-state index in [-0.39, 0.29) is 5.82 Å². The summed E-state index contributed by atoms with van der Waals surface area (Å²) in [5.74, 6) is 0.606. The molecular formula is C20H15FN2O2S. The summed E-state index contributed by atoms with van der Waals surface area (Å²) >= 11 is -0.750.